The average Bonchev–Trinajstić information content (AvgIpc) is 2.84. The Kier molecular flexibility index (Phi) is 3.63. The Morgan fingerprint density at radius 3 is 2.81 bits per heavy atom. The number of thioether (sulfide) groups is 1. The van der Waals surface area contributed by atoms with Gasteiger partial charge in [-0.05, 0) is 26.0 Å². The Balaban J connectivity index is 2.12. The van der Waals surface area contributed by atoms with Gasteiger partial charge in [0.05, 0.1) is 5.25 Å². The molecule has 6 heteroatoms. The third kappa shape index (κ3) is 2.63. The van der Waals surface area contributed by atoms with Crippen molar-refractivity contribution >= 4 is 23.1 Å². The second kappa shape index (κ2) is 4.99. The fourth-order valence-electron chi connectivity index (χ4n) is 1.35. The molecule has 16 heavy (non-hydrogen) atoms. The molecule has 0 aliphatic heterocycles. The maximum atomic E-state index is 5.79. The lowest BCUT2D eigenvalue weighted by molar-refractivity contribution is 0.926. The number of aromatic amines is 1. The molecule has 86 valence electrons. The third-order valence-electron chi connectivity index (χ3n) is 2.12. The molecule has 2 aromatic heterocycles. The highest BCUT2D eigenvalue weighted by molar-refractivity contribution is 7.99. The van der Waals surface area contributed by atoms with Gasteiger partial charge in [-0.25, -0.2) is 4.98 Å². The molecule has 0 saturated carbocycles. The molecular formula is C10H14N4S2. The fraction of sp³-hybridized carbons (Fsp3) is 0.400. The van der Waals surface area contributed by atoms with E-state index in [0.29, 0.717) is 6.54 Å². The summed E-state index contributed by atoms with van der Waals surface area (Å²) in [6.07, 6.45) is 0. The number of thiophene rings is 1. The smallest absolute Gasteiger partial charge is 0.209 e. The molecule has 1 unspecified atom stereocenters. The molecule has 0 bridgehead atoms. The monoisotopic (exact) mass is 254 g/mol. The molecule has 0 fully saturated rings. The molecule has 0 saturated heterocycles. The normalized spacial score (nSPS) is 12.9. The number of rotatable bonds is 4. The number of H-pyrrole nitrogens is 1. The molecule has 3 N–H and O–H groups in total. The quantitative estimate of drug-likeness (QED) is 0.821. The molecule has 2 aromatic rings. The topological polar surface area (TPSA) is 67.6 Å². The highest BCUT2D eigenvalue weighted by Crippen LogP contribution is 2.35. The van der Waals surface area contributed by atoms with Gasteiger partial charge < -0.3 is 5.73 Å². The molecule has 0 radical (unpaired) electrons. The summed E-state index contributed by atoms with van der Waals surface area (Å²) >= 11 is 3.39. The zero-order chi connectivity index (χ0) is 11.5. The van der Waals surface area contributed by atoms with Crippen LogP contribution in [0.25, 0.3) is 0 Å². The van der Waals surface area contributed by atoms with Crippen molar-refractivity contribution < 1.29 is 0 Å². The van der Waals surface area contributed by atoms with Gasteiger partial charge in [0.25, 0.3) is 0 Å². The largest absolute Gasteiger partial charge is 0.329 e. The number of nitrogens with two attached hydrogens (primary N) is 1. The van der Waals surface area contributed by atoms with Crippen molar-refractivity contribution in [2.45, 2.75) is 24.3 Å². The van der Waals surface area contributed by atoms with Crippen LogP contribution in [0.2, 0.25) is 0 Å². The third-order valence-corrected chi connectivity index (χ3v) is 4.50. The van der Waals surface area contributed by atoms with Crippen LogP contribution in [-0.4, -0.2) is 21.7 Å². The van der Waals surface area contributed by atoms with E-state index in [1.165, 1.54) is 9.75 Å². The Labute approximate surface area is 103 Å². The lowest BCUT2D eigenvalue weighted by Gasteiger charge is -2.09. The number of nitrogens with one attached hydrogen (secondary N) is 1. The van der Waals surface area contributed by atoms with E-state index in [4.69, 9.17) is 5.73 Å². The first-order chi connectivity index (χ1) is 7.69. The zero-order valence-corrected chi connectivity index (χ0v) is 10.9. The van der Waals surface area contributed by atoms with E-state index in [-0.39, 0.29) is 5.25 Å². The Morgan fingerprint density at radius 1 is 1.50 bits per heavy atom. The van der Waals surface area contributed by atoms with Gasteiger partial charge in [0.15, 0.2) is 0 Å². The number of aromatic nitrogens is 3. The van der Waals surface area contributed by atoms with Crippen molar-refractivity contribution in [2.75, 3.05) is 6.54 Å². The minimum Gasteiger partial charge on any atom is -0.329 e. The summed E-state index contributed by atoms with van der Waals surface area (Å²) in [5.74, 6) is 0.834. The van der Waals surface area contributed by atoms with Gasteiger partial charge in [0.1, 0.15) is 5.82 Å². The molecular weight excluding hydrogens is 240 g/mol. The standard InChI is InChI=1S/C10H14N4S2/c1-6-3-4-8(15-6)9(5-11)16-10-12-7(2)13-14-10/h3-4,9H,5,11H2,1-2H3,(H,12,13,14). The van der Waals surface area contributed by atoms with Crippen LogP contribution in [0, 0.1) is 13.8 Å². The molecule has 0 aliphatic rings. The maximum absolute atomic E-state index is 5.79. The van der Waals surface area contributed by atoms with E-state index < -0.39 is 0 Å². The fourth-order valence-corrected chi connectivity index (χ4v) is 3.34. The van der Waals surface area contributed by atoms with Gasteiger partial charge in [-0.2, -0.15) is 0 Å². The van der Waals surface area contributed by atoms with Crippen LogP contribution >= 0.6 is 23.1 Å². The van der Waals surface area contributed by atoms with Gasteiger partial charge in [0.2, 0.25) is 5.16 Å². The second-order valence-corrected chi connectivity index (χ2v) is 5.98. The summed E-state index contributed by atoms with van der Waals surface area (Å²) in [5.41, 5.74) is 5.79. The van der Waals surface area contributed by atoms with Crippen LogP contribution in [0.3, 0.4) is 0 Å². The van der Waals surface area contributed by atoms with E-state index in [9.17, 15) is 0 Å². The molecule has 4 nitrogen and oxygen atoms in total. The van der Waals surface area contributed by atoms with Crippen LogP contribution < -0.4 is 5.73 Å². The number of aryl methyl sites for hydroxylation is 2. The summed E-state index contributed by atoms with van der Waals surface area (Å²) in [5, 5.41) is 7.95. The lowest BCUT2D eigenvalue weighted by Crippen LogP contribution is -2.08. The van der Waals surface area contributed by atoms with E-state index >= 15 is 0 Å². The number of hydrogen-bond donors (Lipinski definition) is 2. The number of nitrogens with zero attached hydrogens (tertiary/aromatic N) is 2. The zero-order valence-electron chi connectivity index (χ0n) is 9.23. The van der Waals surface area contributed by atoms with Crippen LogP contribution in [0.4, 0.5) is 0 Å². The first kappa shape index (κ1) is 11.6. The van der Waals surface area contributed by atoms with Crippen LogP contribution in [-0.2, 0) is 0 Å². The van der Waals surface area contributed by atoms with Crippen LogP contribution in [0.1, 0.15) is 20.8 Å². The molecule has 0 amide bonds. The molecule has 0 aromatic carbocycles. The summed E-state index contributed by atoms with van der Waals surface area (Å²) < 4.78 is 0. The second-order valence-electron chi connectivity index (χ2n) is 3.49. The molecule has 1 atom stereocenters. The predicted octanol–water partition coefficient (Wildman–Crippen LogP) is 2.28. The van der Waals surface area contributed by atoms with E-state index in [1.807, 2.05) is 6.92 Å². The summed E-state index contributed by atoms with van der Waals surface area (Å²) in [6, 6.07) is 4.25. The number of hydrogen-bond acceptors (Lipinski definition) is 5. The summed E-state index contributed by atoms with van der Waals surface area (Å²) in [6.45, 7) is 4.59. The first-order valence-electron chi connectivity index (χ1n) is 5.01. The van der Waals surface area contributed by atoms with Crippen molar-refractivity contribution in [3.63, 3.8) is 0 Å². The van der Waals surface area contributed by atoms with Crippen molar-refractivity contribution in [3.05, 3.63) is 27.7 Å². The Hall–Kier alpha value is -0.850. The molecule has 2 heterocycles. The van der Waals surface area contributed by atoms with E-state index in [0.717, 1.165) is 11.0 Å². The summed E-state index contributed by atoms with van der Waals surface area (Å²) in [7, 11) is 0. The van der Waals surface area contributed by atoms with Crippen LogP contribution in [0.5, 0.6) is 0 Å². The van der Waals surface area contributed by atoms with Crippen molar-refractivity contribution in [1.29, 1.82) is 0 Å². The van der Waals surface area contributed by atoms with E-state index in [1.54, 1.807) is 23.1 Å². The Bertz CT molecular complexity index is 463. The van der Waals surface area contributed by atoms with Gasteiger partial charge in [-0.1, -0.05) is 11.8 Å². The van der Waals surface area contributed by atoms with Crippen molar-refractivity contribution in [1.82, 2.24) is 15.2 Å². The first-order valence-corrected chi connectivity index (χ1v) is 6.70. The SMILES string of the molecule is Cc1nc(SC(CN)c2ccc(C)s2)n[nH]1. The van der Waals surface area contributed by atoms with Crippen molar-refractivity contribution in [3.8, 4) is 0 Å². The minimum atomic E-state index is 0.244. The van der Waals surface area contributed by atoms with Gasteiger partial charge >= 0.3 is 0 Å². The van der Waals surface area contributed by atoms with E-state index in [2.05, 4.69) is 34.2 Å². The molecule has 0 spiro atoms. The highest BCUT2D eigenvalue weighted by atomic mass is 32.2. The predicted molar refractivity (Wildman–Crippen MR) is 67.8 cm³/mol. The van der Waals surface area contributed by atoms with Gasteiger partial charge in [-0.15, -0.1) is 16.4 Å². The average molecular weight is 254 g/mol. The minimum absolute atomic E-state index is 0.244. The highest BCUT2D eigenvalue weighted by Gasteiger charge is 2.15. The van der Waals surface area contributed by atoms with Crippen molar-refractivity contribution in [2.24, 2.45) is 5.73 Å². The lowest BCUT2D eigenvalue weighted by atomic mass is 10.3. The maximum Gasteiger partial charge on any atom is 0.209 e. The van der Waals surface area contributed by atoms with Gasteiger partial charge in [0, 0.05) is 16.3 Å². The Morgan fingerprint density at radius 2 is 2.31 bits per heavy atom. The summed E-state index contributed by atoms with van der Waals surface area (Å²) in [4.78, 5) is 6.87. The van der Waals surface area contributed by atoms with Gasteiger partial charge in [-0.3, -0.25) is 5.10 Å². The molecule has 2 rings (SSSR count). The van der Waals surface area contributed by atoms with Crippen LogP contribution in [0.15, 0.2) is 17.3 Å². The molecule has 0 aliphatic carbocycles.